The Hall–Kier alpha value is -3.02. The highest BCUT2D eigenvalue weighted by molar-refractivity contribution is 5.98. The minimum Gasteiger partial charge on any atom is -0.494 e. The summed E-state index contributed by atoms with van der Waals surface area (Å²) in [5.41, 5.74) is 2.05. The molecule has 0 radical (unpaired) electrons. The van der Waals surface area contributed by atoms with Gasteiger partial charge in [0.1, 0.15) is 5.75 Å². The summed E-state index contributed by atoms with van der Waals surface area (Å²) in [5, 5.41) is 5.96. The summed E-state index contributed by atoms with van der Waals surface area (Å²) < 4.78 is 5.65. The summed E-state index contributed by atoms with van der Waals surface area (Å²) in [6.07, 6.45) is 3.96. The molecule has 2 N–H and O–H groups in total. The zero-order chi connectivity index (χ0) is 22.5. The lowest BCUT2D eigenvalue weighted by Crippen LogP contribution is -2.32. The van der Waals surface area contributed by atoms with E-state index in [1.165, 1.54) is 0 Å². The van der Waals surface area contributed by atoms with Crippen LogP contribution in [0.4, 0.5) is 11.4 Å². The van der Waals surface area contributed by atoms with Crippen LogP contribution in [0.5, 0.6) is 5.75 Å². The van der Waals surface area contributed by atoms with E-state index in [0.717, 1.165) is 50.2 Å². The Kier molecular flexibility index (Phi) is 10.4. The molecule has 6 heteroatoms. The van der Waals surface area contributed by atoms with Gasteiger partial charge in [0.2, 0.25) is 5.91 Å². The van der Waals surface area contributed by atoms with E-state index in [4.69, 9.17) is 4.74 Å². The van der Waals surface area contributed by atoms with Gasteiger partial charge in [0.05, 0.1) is 13.2 Å². The summed E-state index contributed by atoms with van der Waals surface area (Å²) in [5.74, 6) is 0.649. The van der Waals surface area contributed by atoms with Crippen LogP contribution >= 0.6 is 0 Å². The Labute approximate surface area is 186 Å². The molecule has 31 heavy (non-hydrogen) atoms. The Morgan fingerprint density at radius 1 is 0.903 bits per heavy atom. The Morgan fingerprint density at radius 2 is 1.61 bits per heavy atom. The van der Waals surface area contributed by atoms with E-state index in [1.54, 1.807) is 24.3 Å². The molecule has 0 aliphatic carbocycles. The van der Waals surface area contributed by atoms with Gasteiger partial charge in [0.15, 0.2) is 0 Å². The number of nitrogens with one attached hydrogen (secondary N) is 2. The number of anilines is 2. The van der Waals surface area contributed by atoms with Crippen LogP contribution in [-0.4, -0.2) is 43.0 Å². The normalized spacial score (nSPS) is 10.4. The minimum absolute atomic E-state index is 0.000769. The highest BCUT2D eigenvalue weighted by Crippen LogP contribution is 2.17. The summed E-state index contributed by atoms with van der Waals surface area (Å²) >= 11 is 0. The third-order valence-corrected chi connectivity index (χ3v) is 4.74. The summed E-state index contributed by atoms with van der Waals surface area (Å²) in [4.78, 5) is 27.0. The molecule has 2 aromatic rings. The topological polar surface area (TPSA) is 70.7 Å². The van der Waals surface area contributed by atoms with E-state index in [9.17, 15) is 9.59 Å². The Bertz CT molecular complexity index is 815. The predicted molar refractivity (Wildman–Crippen MR) is 127 cm³/mol. The van der Waals surface area contributed by atoms with Gasteiger partial charge < -0.3 is 20.3 Å². The highest BCUT2D eigenvalue weighted by atomic mass is 16.5. The smallest absolute Gasteiger partial charge is 0.253 e. The number of rotatable bonds is 13. The average molecular weight is 426 g/mol. The number of nitrogens with zero attached hydrogens (tertiary/aromatic N) is 1. The fourth-order valence-corrected chi connectivity index (χ4v) is 3.16. The van der Waals surface area contributed by atoms with Gasteiger partial charge in [-0.3, -0.25) is 9.59 Å². The molecule has 0 aromatic heterocycles. The first-order valence-electron chi connectivity index (χ1n) is 11.2. The average Bonchev–Trinajstić information content (AvgIpc) is 2.78. The molecule has 0 fully saturated rings. The molecular weight excluding hydrogens is 390 g/mol. The van der Waals surface area contributed by atoms with Crippen molar-refractivity contribution in [3.8, 4) is 5.75 Å². The number of carbonyl (C=O) groups excluding carboxylic acids is 2. The van der Waals surface area contributed by atoms with Crippen molar-refractivity contribution in [3.63, 3.8) is 0 Å². The maximum Gasteiger partial charge on any atom is 0.253 e. The van der Waals surface area contributed by atoms with Gasteiger partial charge in [-0.1, -0.05) is 33.3 Å². The number of carbonyl (C=O) groups is 2. The van der Waals surface area contributed by atoms with Crippen LogP contribution in [0.2, 0.25) is 0 Å². The van der Waals surface area contributed by atoms with Crippen LogP contribution in [0, 0.1) is 0 Å². The number of unbranched alkanes of at least 4 members (excludes halogenated alkanes) is 1. The molecule has 0 bridgehead atoms. The molecule has 0 saturated heterocycles. The first-order chi connectivity index (χ1) is 15.1. The van der Waals surface area contributed by atoms with Crippen LogP contribution in [0.25, 0.3) is 0 Å². The molecule has 168 valence electrons. The summed E-state index contributed by atoms with van der Waals surface area (Å²) in [6, 6.07) is 14.7. The van der Waals surface area contributed by atoms with Crippen molar-refractivity contribution in [2.75, 3.05) is 36.9 Å². The van der Waals surface area contributed by atoms with E-state index in [1.807, 2.05) is 29.2 Å². The molecule has 0 aliphatic heterocycles. The summed E-state index contributed by atoms with van der Waals surface area (Å²) in [7, 11) is 0. The fourth-order valence-electron chi connectivity index (χ4n) is 3.16. The molecule has 0 saturated carbocycles. The van der Waals surface area contributed by atoms with Crippen molar-refractivity contribution in [3.05, 3.63) is 54.1 Å². The maximum absolute atomic E-state index is 12.8. The van der Waals surface area contributed by atoms with Gasteiger partial charge in [-0.05, 0) is 61.7 Å². The second kappa shape index (κ2) is 13.3. The number of hydrogen-bond donors (Lipinski definition) is 2. The molecule has 0 spiro atoms. The van der Waals surface area contributed by atoms with Crippen LogP contribution < -0.4 is 15.4 Å². The van der Waals surface area contributed by atoms with Gasteiger partial charge in [-0.2, -0.15) is 0 Å². The molecule has 6 nitrogen and oxygen atoms in total. The van der Waals surface area contributed by atoms with Crippen molar-refractivity contribution in [1.29, 1.82) is 0 Å². The molecule has 0 atom stereocenters. The van der Waals surface area contributed by atoms with Crippen molar-refractivity contribution >= 4 is 23.2 Å². The van der Waals surface area contributed by atoms with Crippen LogP contribution in [0.3, 0.4) is 0 Å². The first kappa shape index (κ1) is 24.3. The van der Waals surface area contributed by atoms with E-state index in [-0.39, 0.29) is 18.4 Å². The number of hydrogen-bond acceptors (Lipinski definition) is 4. The van der Waals surface area contributed by atoms with Gasteiger partial charge >= 0.3 is 0 Å². The second-order valence-corrected chi connectivity index (χ2v) is 7.50. The largest absolute Gasteiger partial charge is 0.494 e. The fraction of sp³-hybridized carbons (Fsp3) is 0.440. The lowest BCUT2D eigenvalue weighted by atomic mass is 10.1. The van der Waals surface area contributed by atoms with Gasteiger partial charge in [0, 0.05) is 30.0 Å². The molecule has 0 aliphatic rings. The van der Waals surface area contributed by atoms with Crippen molar-refractivity contribution in [1.82, 2.24) is 4.90 Å². The molecule has 0 unspecified atom stereocenters. The van der Waals surface area contributed by atoms with E-state index >= 15 is 0 Å². The van der Waals surface area contributed by atoms with Gasteiger partial charge in [-0.15, -0.1) is 0 Å². The number of amides is 2. The number of ether oxygens (including phenoxy) is 1. The van der Waals surface area contributed by atoms with E-state index in [2.05, 4.69) is 31.4 Å². The first-order valence-corrected chi connectivity index (χ1v) is 11.2. The molecular formula is C25H35N3O3. The molecule has 2 amide bonds. The maximum atomic E-state index is 12.8. The zero-order valence-corrected chi connectivity index (χ0v) is 18.9. The third kappa shape index (κ3) is 8.32. The Morgan fingerprint density at radius 3 is 2.26 bits per heavy atom. The van der Waals surface area contributed by atoms with Gasteiger partial charge in [-0.25, -0.2) is 0 Å². The van der Waals surface area contributed by atoms with Crippen molar-refractivity contribution < 1.29 is 14.3 Å². The minimum atomic E-state index is -0.174. The van der Waals surface area contributed by atoms with E-state index in [0.29, 0.717) is 17.9 Å². The van der Waals surface area contributed by atoms with Crippen molar-refractivity contribution in [2.45, 2.75) is 46.5 Å². The van der Waals surface area contributed by atoms with Crippen LogP contribution in [0.15, 0.2) is 48.5 Å². The van der Waals surface area contributed by atoms with Gasteiger partial charge in [0.25, 0.3) is 5.91 Å². The van der Waals surface area contributed by atoms with Crippen LogP contribution in [0.1, 0.15) is 56.8 Å². The third-order valence-electron chi connectivity index (χ3n) is 4.74. The second-order valence-electron chi connectivity index (χ2n) is 7.50. The summed E-state index contributed by atoms with van der Waals surface area (Å²) in [6.45, 7) is 8.56. The zero-order valence-electron chi connectivity index (χ0n) is 18.9. The number of benzene rings is 2. The SMILES string of the molecule is CCCCOc1ccc(NCC(=O)Nc2cccc(C(=O)N(CCC)CCC)c2)cc1. The van der Waals surface area contributed by atoms with Crippen LogP contribution in [-0.2, 0) is 4.79 Å². The highest BCUT2D eigenvalue weighted by Gasteiger charge is 2.15. The molecule has 2 aromatic carbocycles. The quantitative estimate of drug-likeness (QED) is 0.434. The predicted octanol–water partition coefficient (Wildman–Crippen LogP) is 5.18. The Balaban J connectivity index is 1.88. The van der Waals surface area contributed by atoms with Crippen molar-refractivity contribution in [2.24, 2.45) is 0 Å². The van der Waals surface area contributed by atoms with E-state index < -0.39 is 0 Å². The standard InChI is InChI=1S/C25H35N3O3/c1-4-7-17-31-23-13-11-21(12-14-23)26-19-24(29)27-22-10-8-9-20(18-22)25(30)28(15-5-2)16-6-3/h8-14,18,26H,4-7,15-17,19H2,1-3H3,(H,27,29). The molecule has 2 rings (SSSR count). The lowest BCUT2D eigenvalue weighted by molar-refractivity contribution is -0.114. The monoisotopic (exact) mass is 425 g/mol. The molecule has 0 heterocycles. The lowest BCUT2D eigenvalue weighted by Gasteiger charge is -2.21.